The molecule has 1 atom stereocenters. The fraction of sp³-hybridized carbons (Fsp3) is 0.714. The summed E-state index contributed by atoms with van der Waals surface area (Å²) in [6.45, 7) is 1.07. The minimum Gasteiger partial charge on any atom is -0.459 e. The monoisotopic (exact) mass is 364 g/mol. The van der Waals surface area contributed by atoms with Crippen LogP contribution in [0.2, 0.25) is 0 Å². The zero-order valence-electron chi connectivity index (χ0n) is 8.19. The molecule has 1 unspecified atom stereocenters. The number of halogens is 6. The maximum atomic E-state index is 11.1. The molecule has 17 heavy (non-hydrogen) atoms. The molecule has 0 bridgehead atoms. The number of carbonyl (C=O) groups excluding carboxylic acids is 2. The molecular formula is C7H6Cl6O4. The summed E-state index contributed by atoms with van der Waals surface area (Å²) in [5, 5.41) is 0. The zero-order valence-corrected chi connectivity index (χ0v) is 12.7. The summed E-state index contributed by atoms with van der Waals surface area (Å²) in [5.74, 6) is -2.20. The van der Waals surface area contributed by atoms with Crippen molar-refractivity contribution in [1.29, 1.82) is 0 Å². The van der Waals surface area contributed by atoms with E-state index in [0.29, 0.717) is 0 Å². The van der Waals surface area contributed by atoms with Crippen molar-refractivity contribution in [3.63, 3.8) is 0 Å². The Morgan fingerprint density at radius 2 is 1.41 bits per heavy atom. The fourth-order valence-electron chi connectivity index (χ4n) is 0.558. The van der Waals surface area contributed by atoms with Crippen LogP contribution in [0.15, 0.2) is 0 Å². The molecule has 0 radical (unpaired) electrons. The maximum Gasteiger partial charge on any atom is 0.358 e. The molecule has 10 heteroatoms. The predicted octanol–water partition coefficient (Wildman–Crippen LogP) is 3.20. The fourth-order valence-corrected chi connectivity index (χ4v) is 0.856. The summed E-state index contributed by atoms with van der Waals surface area (Å²) < 4.78 is 4.78. The molecule has 0 aliphatic heterocycles. The first-order chi connectivity index (χ1) is 7.44. The van der Waals surface area contributed by atoms with E-state index < -0.39 is 25.6 Å². The van der Waals surface area contributed by atoms with Gasteiger partial charge in [0.15, 0.2) is 0 Å². The number of ether oxygens (including phenoxy) is 2. The zero-order chi connectivity index (χ0) is 13.9. The Labute approximate surface area is 127 Å². The van der Waals surface area contributed by atoms with Crippen LogP contribution in [0.1, 0.15) is 6.92 Å². The lowest BCUT2D eigenvalue weighted by molar-refractivity contribution is -0.156. The summed E-state index contributed by atoms with van der Waals surface area (Å²) in [4.78, 5) is 22.1. The van der Waals surface area contributed by atoms with E-state index in [-0.39, 0.29) is 6.61 Å². The molecule has 0 aromatic rings. The number of rotatable bonds is 3. The molecule has 0 aromatic heterocycles. The standard InChI is InChI=1S/C7H6Cl6O4/c1-3(17-5(15)7(11,12)13)2-16-4(14)6(8,9)10/h3H,2H2,1H3. The summed E-state index contributed by atoms with van der Waals surface area (Å²) in [6.07, 6.45) is -0.852. The normalized spacial score (nSPS) is 14.1. The first kappa shape index (κ1) is 17.7. The van der Waals surface area contributed by atoms with Gasteiger partial charge in [0.05, 0.1) is 0 Å². The van der Waals surface area contributed by atoms with E-state index in [9.17, 15) is 9.59 Å². The van der Waals surface area contributed by atoms with Gasteiger partial charge in [0.1, 0.15) is 12.7 Å². The van der Waals surface area contributed by atoms with E-state index in [4.69, 9.17) is 69.6 Å². The highest BCUT2D eigenvalue weighted by Gasteiger charge is 2.35. The molecule has 0 rings (SSSR count). The number of alkyl halides is 6. The van der Waals surface area contributed by atoms with E-state index >= 15 is 0 Å². The quantitative estimate of drug-likeness (QED) is 0.568. The van der Waals surface area contributed by atoms with Gasteiger partial charge in [-0.05, 0) is 6.92 Å². The minimum absolute atomic E-state index is 0.334. The van der Waals surface area contributed by atoms with Crippen LogP contribution in [0.25, 0.3) is 0 Å². The van der Waals surface area contributed by atoms with Crippen molar-refractivity contribution in [2.45, 2.75) is 20.6 Å². The van der Waals surface area contributed by atoms with Crippen molar-refractivity contribution in [2.24, 2.45) is 0 Å². The highest BCUT2D eigenvalue weighted by Crippen LogP contribution is 2.29. The van der Waals surface area contributed by atoms with Crippen molar-refractivity contribution in [1.82, 2.24) is 0 Å². The van der Waals surface area contributed by atoms with Crippen molar-refractivity contribution in [3.05, 3.63) is 0 Å². The molecule has 0 saturated heterocycles. The van der Waals surface area contributed by atoms with Gasteiger partial charge in [-0.25, -0.2) is 9.59 Å². The Hall–Kier alpha value is 0.680. The third kappa shape index (κ3) is 7.65. The Kier molecular flexibility index (Phi) is 7.00. The maximum absolute atomic E-state index is 11.1. The molecule has 0 heterocycles. The summed E-state index contributed by atoms with van der Waals surface area (Å²) in [6, 6.07) is 0. The Morgan fingerprint density at radius 1 is 1.00 bits per heavy atom. The third-order valence-corrected chi connectivity index (χ3v) is 2.15. The third-order valence-electron chi connectivity index (χ3n) is 1.22. The van der Waals surface area contributed by atoms with Gasteiger partial charge in [-0.15, -0.1) is 0 Å². The molecule has 0 aliphatic rings. The van der Waals surface area contributed by atoms with Crippen molar-refractivity contribution in [3.8, 4) is 0 Å². The number of esters is 2. The lowest BCUT2D eigenvalue weighted by atomic mass is 10.4. The number of carbonyl (C=O) groups is 2. The van der Waals surface area contributed by atoms with Gasteiger partial charge in [-0.1, -0.05) is 69.6 Å². The van der Waals surface area contributed by atoms with Crippen LogP contribution in [0.5, 0.6) is 0 Å². The van der Waals surface area contributed by atoms with Crippen LogP contribution in [0.4, 0.5) is 0 Å². The summed E-state index contributed by atoms with van der Waals surface area (Å²) >= 11 is 31.4. The van der Waals surface area contributed by atoms with E-state index in [1.54, 1.807) is 0 Å². The smallest absolute Gasteiger partial charge is 0.358 e. The second-order valence-electron chi connectivity index (χ2n) is 2.81. The van der Waals surface area contributed by atoms with E-state index in [0.717, 1.165) is 0 Å². The van der Waals surface area contributed by atoms with E-state index in [2.05, 4.69) is 9.47 Å². The molecule has 0 aromatic carbocycles. The van der Waals surface area contributed by atoms with Crippen LogP contribution in [-0.4, -0.2) is 32.2 Å². The first-order valence-corrected chi connectivity index (χ1v) is 6.23. The Bertz CT molecular complexity index is 294. The molecule has 4 nitrogen and oxygen atoms in total. The van der Waals surface area contributed by atoms with Crippen LogP contribution in [0.3, 0.4) is 0 Å². The molecular weight excluding hydrogens is 361 g/mol. The summed E-state index contributed by atoms with van der Waals surface area (Å²) in [5.41, 5.74) is 0. The molecule has 0 fully saturated rings. The second-order valence-corrected chi connectivity index (χ2v) is 7.37. The molecule has 0 aliphatic carbocycles. The van der Waals surface area contributed by atoms with Gasteiger partial charge in [0.2, 0.25) is 0 Å². The summed E-state index contributed by atoms with van der Waals surface area (Å²) in [7, 11) is 0. The van der Waals surface area contributed by atoms with Gasteiger partial charge < -0.3 is 9.47 Å². The second kappa shape index (κ2) is 6.73. The van der Waals surface area contributed by atoms with Gasteiger partial charge in [0.25, 0.3) is 7.59 Å². The first-order valence-electron chi connectivity index (χ1n) is 3.96. The molecule has 0 spiro atoms. The topological polar surface area (TPSA) is 52.6 Å². The molecule has 0 N–H and O–H groups in total. The van der Waals surface area contributed by atoms with Crippen LogP contribution >= 0.6 is 69.6 Å². The number of hydrogen-bond donors (Lipinski definition) is 0. The van der Waals surface area contributed by atoms with Crippen molar-refractivity contribution < 1.29 is 19.1 Å². The van der Waals surface area contributed by atoms with Gasteiger partial charge in [0, 0.05) is 0 Å². The lowest BCUT2D eigenvalue weighted by Gasteiger charge is -2.17. The average molecular weight is 367 g/mol. The lowest BCUT2D eigenvalue weighted by Crippen LogP contribution is -2.31. The minimum atomic E-state index is -2.20. The predicted molar refractivity (Wildman–Crippen MR) is 67.1 cm³/mol. The highest BCUT2D eigenvalue weighted by molar-refractivity contribution is 6.76. The van der Waals surface area contributed by atoms with Crippen molar-refractivity contribution in [2.75, 3.05) is 6.61 Å². The number of hydrogen-bond acceptors (Lipinski definition) is 4. The van der Waals surface area contributed by atoms with E-state index in [1.807, 2.05) is 0 Å². The SMILES string of the molecule is CC(COC(=O)C(Cl)(Cl)Cl)OC(=O)C(Cl)(Cl)Cl. The van der Waals surface area contributed by atoms with Crippen LogP contribution in [0, 0.1) is 0 Å². The van der Waals surface area contributed by atoms with Crippen molar-refractivity contribution >= 4 is 81.5 Å². The Morgan fingerprint density at radius 3 is 1.76 bits per heavy atom. The van der Waals surface area contributed by atoms with Gasteiger partial charge in [-0.3, -0.25) is 0 Å². The molecule has 0 saturated carbocycles. The Balaban J connectivity index is 4.10. The molecule has 100 valence electrons. The van der Waals surface area contributed by atoms with Gasteiger partial charge in [-0.2, -0.15) is 0 Å². The average Bonchev–Trinajstić information content (AvgIpc) is 2.10. The van der Waals surface area contributed by atoms with E-state index in [1.165, 1.54) is 6.92 Å². The van der Waals surface area contributed by atoms with Crippen LogP contribution in [-0.2, 0) is 19.1 Å². The largest absolute Gasteiger partial charge is 0.459 e. The van der Waals surface area contributed by atoms with Crippen LogP contribution < -0.4 is 0 Å². The van der Waals surface area contributed by atoms with Gasteiger partial charge >= 0.3 is 11.9 Å². The molecule has 0 amide bonds. The highest BCUT2D eigenvalue weighted by atomic mass is 35.6.